The summed E-state index contributed by atoms with van der Waals surface area (Å²) in [7, 11) is 1.48. The van der Waals surface area contributed by atoms with Gasteiger partial charge in [-0.15, -0.1) is 0 Å². The van der Waals surface area contributed by atoms with E-state index >= 15 is 0 Å². The van der Waals surface area contributed by atoms with E-state index in [4.69, 9.17) is 14.3 Å². The van der Waals surface area contributed by atoms with Crippen molar-refractivity contribution in [2.24, 2.45) is 5.16 Å². The van der Waals surface area contributed by atoms with Gasteiger partial charge in [-0.2, -0.15) is 13.2 Å². The molecule has 6 nitrogen and oxygen atoms in total. The number of hydrogen-bond acceptors (Lipinski definition) is 5. The topological polar surface area (TPSA) is 77.4 Å². The van der Waals surface area contributed by atoms with Crippen molar-refractivity contribution in [1.29, 1.82) is 0 Å². The van der Waals surface area contributed by atoms with Crippen molar-refractivity contribution in [2.75, 3.05) is 7.11 Å². The minimum absolute atomic E-state index is 0.0139. The standard InChI is InChI=1S/C22H24F3NO5/c1-14(2)31-20(21(27)28)11-16-6-9-19(29-3)17(10-16)12-26-30-13-15-4-7-18(8-5-15)22(23,24)25/h4-10,12,14,20H,11,13H2,1-3H3,(H,27,28). The molecule has 0 bridgehead atoms. The van der Waals surface area contributed by atoms with E-state index in [0.29, 0.717) is 22.4 Å². The molecule has 2 aromatic rings. The molecule has 0 saturated heterocycles. The van der Waals surface area contributed by atoms with Crippen molar-refractivity contribution < 1.29 is 37.4 Å². The van der Waals surface area contributed by atoms with Crippen molar-refractivity contribution >= 4 is 12.2 Å². The number of aliphatic carboxylic acids is 1. The normalized spacial score (nSPS) is 12.9. The van der Waals surface area contributed by atoms with Crippen LogP contribution in [0.4, 0.5) is 13.2 Å². The van der Waals surface area contributed by atoms with Crippen LogP contribution in [0.2, 0.25) is 0 Å². The Labute approximate surface area is 178 Å². The van der Waals surface area contributed by atoms with E-state index in [1.54, 1.807) is 32.0 Å². The zero-order valence-electron chi connectivity index (χ0n) is 17.3. The number of carbonyl (C=O) groups is 1. The lowest BCUT2D eigenvalue weighted by Crippen LogP contribution is -2.29. The van der Waals surface area contributed by atoms with E-state index in [-0.39, 0.29) is 19.1 Å². The molecule has 9 heteroatoms. The first-order valence-electron chi connectivity index (χ1n) is 9.46. The van der Waals surface area contributed by atoms with Crippen molar-refractivity contribution in [1.82, 2.24) is 0 Å². The number of rotatable bonds is 10. The number of nitrogens with zero attached hydrogens (tertiary/aromatic N) is 1. The SMILES string of the molecule is COc1ccc(CC(OC(C)C)C(=O)O)cc1C=NOCc1ccc(C(F)(F)F)cc1. The lowest BCUT2D eigenvalue weighted by molar-refractivity contribution is -0.153. The molecule has 0 aliphatic heterocycles. The van der Waals surface area contributed by atoms with Gasteiger partial charge < -0.3 is 19.4 Å². The third-order valence-corrected chi connectivity index (χ3v) is 4.21. The summed E-state index contributed by atoms with van der Waals surface area (Å²) in [6, 6.07) is 9.73. The quantitative estimate of drug-likeness (QED) is 0.430. The van der Waals surface area contributed by atoms with Crippen molar-refractivity contribution in [3.63, 3.8) is 0 Å². The van der Waals surface area contributed by atoms with Gasteiger partial charge in [-0.05, 0) is 49.2 Å². The summed E-state index contributed by atoms with van der Waals surface area (Å²) < 4.78 is 48.5. The summed E-state index contributed by atoms with van der Waals surface area (Å²) >= 11 is 0. The summed E-state index contributed by atoms with van der Waals surface area (Å²) in [6.45, 7) is 3.51. The number of hydrogen-bond donors (Lipinski definition) is 1. The Morgan fingerprint density at radius 1 is 1.13 bits per heavy atom. The Morgan fingerprint density at radius 2 is 1.77 bits per heavy atom. The molecule has 0 spiro atoms. The molecule has 31 heavy (non-hydrogen) atoms. The molecule has 0 saturated carbocycles. The highest BCUT2D eigenvalue weighted by molar-refractivity contribution is 5.83. The molecule has 168 valence electrons. The summed E-state index contributed by atoms with van der Waals surface area (Å²) in [4.78, 5) is 16.6. The zero-order valence-corrected chi connectivity index (χ0v) is 17.3. The minimum atomic E-state index is -4.39. The van der Waals surface area contributed by atoms with Crippen LogP contribution in [0.1, 0.15) is 36.1 Å². The summed E-state index contributed by atoms with van der Waals surface area (Å²) in [5.41, 5.74) is 1.06. The molecule has 1 atom stereocenters. The number of ether oxygens (including phenoxy) is 2. The Kier molecular flexibility index (Phi) is 8.44. The predicted octanol–water partition coefficient (Wildman–Crippen LogP) is 4.69. The highest BCUT2D eigenvalue weighted by Gasteiger charge is 2.29. The maximum Gasteiger partial charge on any atom is 0.416 e. The number of halogens is 3. The maximum absolute atomic E-state index is 12.6. The van der Waals surface area contributed by atoms with Gasteiger partial charge in [-0.25, -0.2) is 4.79 Å². The van der Waals surface area contributed by atoms with Crippen molar-refractivity contribution in [2.45, 2.75) is 45.3 Å². The summed E-state index contributed by atoms with van der Waals surface area (Å²) in [5.74, 6) is -0.554. The van der Waals surface area contributed by atoms with Crippen LogP contribution in [-0.2, 0) is 33.6 Å². The van der Waals surface area contributed by atoms with E-state index in [0.717, 1.165) is 12.1 Å². The Balaban J connectivity index is 2.05. The molecule has 0 aromatic heterocycles. The first kappa shape index (κ1) is 24.2. The third kappa shape index (κ3) is 7.60. The smallest absolute Gasteiger partial charge is 0.416 e. The fourth-order valence-electron chi connectivity index (χ4n) is 2.74. The van der Waals surface area contributed by atoms with Gasteiger partial charge in [0.1, 0.15) is 12.4 Å². The number of benzene rings is 2. The molecule has 0 aliphatic carbocycles. The molecule has 0 radical (unpaired) electrons. The zero-order chi connectivity index (χ0) is 23.0. The van der Waals surface area contributed by atoms with E-state index in [1.807, 2.05) is 0 Å². The van der Waals surface area contributed by atoms with Gasteiger partial charge in [0.05, 0.1) is 25.0 Å². The number of methoxy groups -OCH3 is 1. The second kappa shape index (κ2) is 10.8. The van der Waals surface area contributed by atoms with Gasteiger partial charge in [0.25, 0.3) is 0 Å². The third-order valence-electron chi connectivity index (χ3n) is 4.21. The van der Waals surface area contributed by atoms with Gasteiger partial charge in [0, 0.05) is 12.0 Å². The number of oxime groups is 1. The highest BCUT2D eigenvalue weighted by atomic mass is 19.4. The summed E-state index contributed by atoms with van der Waals surface area (Å²) in [6.07, 6.45) is -4.07. The van der Waals surface area contributed by atoms with Crippen LogP contribution in [0.25, 0.3) is 0 Å². The molecule has 1 N–H and O–H groups in total. The largest absolute Gasteiger partial charge is 0.496 e. The second-order valence-electron chi connectivity index (χ2n) is 6.99. The lowest BCUT2D eigenvalue weighted by atomic mass is 10.0. The predicted molar refractivity (Wildman–Crippen MR) is 108 cm³/mol. The molecule has 2 rings (SSSR count). The maximum atomic E-state index is 12.6. The van der Waals surface area contributed by atoms with Crippen LogP contribution in [0.5, 0.6) is 5.75 Å². The average Bonchev–Trinajstić information content (AvgIpc) is 2.70. The van der Waals surface area contributed by atoms with E-state index in [1.165, 1.54) is 25.5 Å². The van der Waals surface area contributed by atoms with Gasteiger partial charge in [0.2, 0.25) is 0 Å². The van der Waals surface area contributed by atoms with Gasteiger partial charge >= 0.3 is 12.1 Å². The van der Waals surface area contributed by atoms with E-state index < -0.39 is 23.8 Å². The second-order valence-corrected chi connectivity index (χ2v) is 6.99. The Morgan fingerprint density at radius 3 is 2.32 bits per heavy atom. The van der Waals surface area contributed by atoms with Crippen LogP contribution in [0.3, 0.4) is 0 Å². The number of carboxylic acid groups (broad SMARTS) is 1. The van der Waals surface area contributed by atoms with E-state index in [9.17, 15) is 23.1 Å². The highest BCUT2D eigenvalue weighted by Crippen LogP contribution is 2.29. The number of carboxylic acids is 1. The van der Waals surface area contributed by atoms with Crippen molar-refractivity contribution in [3.05, 3.63) is 64.7 Å². The molecule has 0 aliphatic rings. The molecular formula is C22H24F3NO5. The first-order chi connectivity index (χ1) is 14.6. The Bertz CT molecular complexity index is 895. The molecule has 0 heterocycles. The molecule has 0 amide bonds. The average molecular weight is 439 g/mol. The van der Waals surface area contributed by atoms with Gasteiger partial charge in [-0.1, -0.05) is 23.4 Å². The lowest BCUT2D eigenvalue weighted by Gasteiger charge is -2.17. The van der Waals surface area contributed by atoms with Crippen LogP contribution >= 0.6 is 0 Å². The monoisotopic (exact) mass is 439 g/mol. The minimum Gasteiger partial charge on any atom is -0.496 e. The molecule has 2 aromatic carbocycles. The summed E-state index contributed by atoms with van der Waals surface area (Å²) in [5, 5.41) is 13.2. The van der Waals surface area contributed by atoms with Crippen LogP contribution < -0.4 is 4.74 Å². The fourth-order valence-corrected chi connectivity index (χ4v) is 2.74. The molecular weight excluding hydrogens is 415 g/mol. The van der Waals surface area contributed by atoms with E-state index in [2.05, 4.69) is 5.16 Å². The van der Waals surface area contributed by atoms with Crippen molar-refractivity contribution in [3.8, 4) is 5.75 Å². The fraction of sp³-hybridized carbons (Fsp3) is 0.364. The van der Waals surface area contributed by atoms with Crippen LogP contribution in [-0.4, -0.2) is 36.6 Å². The van der Waals surface area contributed by atoms with Crippen LogP contribution in [0.15, 0.2) is 47.6 Å². The molecule has 0 fully saturated rings. The van der Waals surface area contributed by atoms with Crippen LogP contribution in [0, 0.1) is 0 Å². The van der Waals surface area contributed by atoms with Gasteiger partial charge in [0.15, 0.2) is 6.10 Å². The number of alkyl halides is 3. The molecule has 1 unspecified atom stereocenters. The Hall–Kier alpha value is -3.07. The van der Waals surface area contributed by atoms with Gasteiger partial charge in [-0.3, -0.25) is 0 Å². The first-order valence-corrected chi connectivity index (χ1v) is 9.46.